The SMILES string of the molecule is c1ccc(N(c2ccc(N3CCOCC3)cc2)c2cc3ccc4cc(N(c5ccccc5)c5ccc(N6CCOCC6)cc5)cc5ccc(c2)c3c45)cc1. The van der Waals surface area contributed by atoms with E-state index in [0.29, 0.717) is 0 Å². The molecule has 2 aliphatic heterocycles. The lowest BCUT2D eigenvalue weighted by atomic mass is 9.92. The number of rotatable bonds is 8. The Labute approximate surface area is 316 Å². The lowest BCUT2D eigenvalue weighted by Gasteiger charge is -2.30. The Morgan fingerprint density at radius 1 is 0.333 bits per heavy atom. The van der Waals surface area contributed by atoms with E-state index in [9.17, 15) is 0 Å². The molecule has 2 heterocycles. The summed E-state index contributed by atoms with van der Waals surface area (Å²) in [5.74, 6) is 0. The van der Waals surface area contributed by atoms with Crippen LogP contribution in [0, 0.1) is 0 Å². The molecule has 266 valence electrons. The van der Waals surface area contributed by atoms with Gasteiger partial charge in [0.05, 0.1) is 26.4 Å². The fourth-order valence-electron chi connectivity index (χ4n) is 8.38. The number of ether oxygens (including phenoxy) is 2. The van der Waals surface area contributed by atoms with Gasteiger partial charge >= 0.3 is 0 Å². The molecular weight excluding hydrogens is 665 g/mol. The van der Waals surface area contributed by atoms with E-state index >= 15 is 0 Å². The molecule has 10 rings (SSSR count). The number of nitrogens with zero attached hydrogens (tertiary/aromatic N) is 4. The van der Waals surface area contributed by atoms with Gasteiger partial charge in [0.1, 0.15) is 0 Å². The van der Waals surface area contributed by atoms with E-state index in [-0.39, 0.29) is 0 Å². The van der Waals surface area contributed by atoms with Gasteiger partial charge in [-0.15, -0.1) is 0 Å². The molecule has 0 saturated carbocycles. The van der Waals surface area contributed by atoms with Gasteiger partial charge in [0.25, 0.3) is 0 Å². The van der Waals surface area contributed by atoms with Crippen LogP contribution in [0.3, 0.4) is 0 Å². The Kier molecular flexibility index (Phi) is 8.47. The van der Waals surface area contributed by atoms with Crippen LogP contribution in [0.5, 0.6) is 0 Å². The third kappa shape index (κ3) is 6.03. The number of hydrogen-bond acceptors (Lipinski definition) is 6. The first-order valence-electron chi connectivity index (χ1n) is 19.1. The summed E-state index contributed by atoms with van der Waals surface area (Å²) in [7, 11) is 0. The maximum Gasteiger partial charge on any atom is 0.0642 e. The van der Waals surface area contributed by atoms with E-state index in [1.54, 1.807) is 0 Å². The Morgan fingerprint density at radius 3 is 0.981 bits per heavy atom. The number of benzene rings is 8. The molecule has 0 spiro atoms. The summed E-state index contributed by atoms with van der Waals surface area (Å²) >= 11 is 0. The van der Waals surface area contributed by atoms with Crippen molar-refractivity contribution in [2.75, 3.05) is 72.2 Å². The second-order valence-electron chi connectivity index (χ2n) is 14.2. The number of para-hydroxylation sites is 2. The van der Waals surface area contributed by atoms with E-state index < -0.39 is 0 Å². The van der Waals surface area contributed by atoms with Crippen LogP contribution in [0.25, 0.3) is 32.3 Å². The highest BCUT2D eigenvalue weighted by Crippen LogP contribution is 2.44. The first-order valence-corrected chi connectivity index (χ1v) is 19.1. The highest BCUT2D eigenvalue weighted by atomic mass is 16.5. The number of hydrogen-bond donors (Lipinski definition) is 0. The molecule has 0 amide bonds. The van der Waals surface area contributed by atoms with Crippen molar-refractivity contribution in [3.63, 3.8) is 0 Å². The fraction of sp³-hybridized carbons (Fsp3) is 0.167. The van der Waals surface area contributed by atoms with E-state index in [1.165, 1.54) is 43.7 Å². The first-order chi connectivity index (χ1) is 26.8. The van der Waals surface area contributed by atoms with E-state index in [2.05, 4.69) is 177 Å². The van der Waals surface area contributed by atoms with Crippen molar-refractivity contribution in [3.8, 4) is 0 Å². The molecule has 54 heavy (non-hydrogen) atoms. The Balaban J connectivity index is 1.05. The predicted octanol–water partition coefficient (Wildman–Crippen LogP) is 11.2. The zero-order valence-electron chi connectivity index (χ0n) is 30.3. The first kappa shape index (κ1) is 32.6. The second-order valence-corrected chi connectivity index (χ2v) is 14.2. The minimum Gasteiger partial charge on any atom is -0.378 e. The lowest BCUT2D eigenvalue weighted by Crippen LogP contribution is -2.36. The van der Waals surface area contributed by atoms with Gasteiger partial charge in [-0.25, -0.2) is 0 Å². The molecule has 0 aromatic heterocycles. The molecule has 2 aliphatic rings. The van der Waals surface area contributed by atoms with Gasteiger partial charge in [-0.2, -0.15) is 0 Å². The smallest absolute Gasteiger partial charge is 0.0642 e. The van der Waals surface area contributed by atoms with E-state index in [0.717, 1.165) is 86.7 Å². The van der Waals surface area contributed by atoms with Gasteiger partial charge in [-0.3, -0.25) is 0 Å². The van der Waals surface area contributed by atoms with Crippen molar-refractivity contribution in [2.24, 2.45) is 0 Å². The lowest BCUT2D eigenvalue weighted by molar-refractivity contribution is 0.122. The quantitative estimate of drug-likeness (QED) is 0.146. The molecule has 0 unspecified atom stereocenters. The zero-order chi connectivity index (χ0) is 35.8. The molecule has 0 bridgehead atoms. The number of morpholine rings is 2. The molecule has 8 aromatic carbocycles. The van der Waals surface area contributed by atoms with Crippen LogP contribution in [0.4, 0.5) is 45.5 Å². The van der Waals surface area contributed by atoms with Gasteiger partial charge in [-0.05, 0) is 129 Å². The Hall–Kier alpha value is -6.08. The minimum atomic E-state index is 0.776. The van der Waals surface area contributed by atoms with Crippen LogP contribution >= 0.6 is 0 Å². The summed E-state index contributed by atoms with van der Waals surface area (Å²) in [5.41, 5.74) is 9.29. The largest absolute Gasteiger partial charge is 0.378 e. The summed E-state index contributed by atoms with van der Waals surface area (Å²) in [6.07, 6.45) is 0. The molecule has 6 nitrogen and oxygen atoms in total. The molecule has 0 aliphatic carbocycles. The van der Waals surface area contributed by atoms with Gasteiger partial charge in [0.2, 0.25) is 0 Å². The minimum absolute atomic E-state index is 0.776. The highest BCUT2D eigenvalue weighted by Gasteiger charge is 2.20. The standard InChI is InChI=1S/C48H42N4O2/c1-3-7-41(8-4-1)51(43-19-15-39(16-20-43)49-23-27-53-28-24-49)45-31-35-11-13-37-33-46(34-38-14-12-36(32-45)47(35)48(37)38)52(42-9-5-2-6-10-42)44-21-17-40(18-22-44)50-25-29-54-30-26-50/h1-22,31-34H,23-30H2. The molecular formula is C48H42N4O2. The van der Waals surface area contributed by atoms with E-state index in [4.69, 9.17) is 9.47 Å². The molecule has 8 aromatic rings. The van der Waals surface area contributed by atoms with E-state index in [1.807, 2.05) is 0 Å². The molecule has 0 radical (unpaired) electrons. The van der Waals surface area contributed by atoms with Crippen molar-refractivity contribution >= 4 is 77.8 Å². The normalized spacial score (nSPS) is 15.0. The average molecular weight is 707 g/mol. The van der Waals surface area contributed by atoms with Crippen molar-refractivity contribution in [1.29, 1.82) is 0 Å². The van der Waals surface area contributed by atoms with Crippen molar-refractivity contribution in [1.82, 2.24) is 0 Å². The molecule has 0 atom stereocenters. The summed E-state index contributed by atoms with van der Waals surface area (Å²) in [4.78, 5) is 9.55. The van der Waals surface area contributed by atoms with Crippen molar-refractivity contribution in [2.45, 2.75) is 0 Å². The average Bonchev–Trinajstić information content (AvgIpc) is 3.25. The van der Waals surface area contributed by atoms with Crippen LogP contribution in [-0.4, -0.2) is 52.6 Å². The van der Waals surface area contributed by atoms with Crippen molar-refractivity contribution in [3.05, 3.63) is 158 Å². The third-order valence-electron chi connectivity index (χ3n) is 11.0. The summed E-state index contributed by atoms with van der Waals surface area (Å²) in [6.45, 7) is 6.79. The van der Waals surface area contributed by atoms with Crippen LogP contribution in [0.1, 0.15) is 0 Å². The maximum absolute atomic E-state index is 5.60. The molecule has 2 fully saturated rings. The summed E-state index contributed by atoms with van der Waals surface area (Å²) in [5, 5.41) is 7.54. The van der Waals surface area contributed by atoms with Gasteiger partial charge in [-0.1, -0.05) is 60.7 Å². The topological polar surface area (TPSA) is 31.4 Å². The Bertz CT molecular complexity index is 2270. The molecule has 6 heteroatoms. The van der Waals surface area contributed by atoms with Crippen LogP contribution in [0.2, 0.25) is 0 Å². The van der Waals surface area contributed by atoms with Crippen LogP contribution < -0.4 is 19.6 Å². The zero-order valence-corrected chi connectivity index (χ0v) is 30.3. The van der Waals surface area contributed by atoms with Gasteiger partial charge in [0.15, 0.2) is 0 Å². The van der Waals surface area contributed by atoms with Crippen LogP contribution in [-0.2, 0) is 9.47 Å². The van der Waals surface area contributed by atoms with Crippen molar-refractivity contribution < 1.29 is 9.47 Å². The summed E-state index contributed by atoms with van der Waals surface area (Å²) in [6, 6.07) is 58.0. The second kappa shape index (κ2) is 14.0. The summed E-state index contributed by atoms with van der Waals surface area (Å²) < 4.78 is 11.2. The van der Waals surface area contributed by atoms with Gasteiger partial charge < -0.3 is 29.1 Å². The van der Waals surface area contributed by atoms with Gasteiger partial charge in [0, 0.05) is 71.7 Å². The molecule has 2 saturated heterocycles. The highest BCUT2D eigenvalue weighted by molar-refractivity contribution is 6.24. The monoisotopic (exact) mass is 706 g/mol. The van der Waals surface area contributed by atoms with Crippen LogP contribution in [0.15, 0.2) is 158 Å². The predicted molar refractivity (Wildman–Crippen MR) is 226 cm³/mol. The fourth-order valence-corrected chi connectivity index (χ4v) is 8.38. The maximum atomic E-state index is 5.60. The molecule has 0 N–H and O–H groups in total. The Morgan fingerprint density at radius 2 is 0.648 bits per heavy atom. The number of anilines is 8. The third-order valence-corrected chi connectivity index (χ3v) is 11.0.